The van der Waals surface area contributed by atoms with E-state index in [4.69, 9.17) is 11.6 Å². The molecule has 88 valence electrons. The zero-order valence-electron chi connectivity index (χ0n) is 9.70. The van der Waals surface area contributed by atoms with E-state index in [1.807, 2.05) is 36.4 Å². The molecular weight excluding hydrogens is 230 g/mol. The molecule has 0 unspecified atom stereocenters. The lowest BCUT2D eigenvalue weighted by Crippen LogP contribution is -2.02. The number of halogens is 1. The molecule has 0 aliphatic rings. The van der Waals surface area contributed by atoms with Crippen molar-refractivity contribution in [3.8, 4) is 0 Å². The van der Waals surface area contributed by atoms with Gasteiger partial charge in [0, 0.05) is 17.3 Å². The molecule has 0 fully saturated rings. The molecule has 0 bridgehead atoms. The van der Waals surface area contributed by atoms with Gasteiger partial charge in [-0.2, -0.15) is 0 Å². The van der Waals surface area contributed by atoms with E-state index in [-0.39, 0.29) is 0 Å². The van der Waals surface area contributed by atoms with E-state index in [9.17, 15) is 0 Å². The molecule has 2 aromatic carbocycles. The molecule has 1 nitrogen and oxygen atoms in total. The molecular formula is C15H16ClN. The molecule has 0 radical (unpaired) electrons. The number of aryl methyl sites for hydroxylation is 1. The molecule has 0 heterocycles. The molecule has 0 amide bonds. The fourth-order valence-electron chi connectivity index (χ4n) is 1.77. The largest absolute Gasteiger partial charge is 0.385 e. The summed E-state index contributed by atoms with van der Waals surface area (Å²) >= 11 is 5.94. The number of para-hydroxylation sites is 1. The Morgan fingerprint density at radius 1 is 0.941 bits per heavy atom. The number of anilines is 1. The van der Waals surface area contributed by atoms with Crippen LogP contribution in [0.1, 0.15) is 12.0 Å². The van der Waals surface area contributed by atoms with E-state index in [0.29, 0.717) is 0 Å². The molecule has 2 aromatic rings. The highest BCUT2D eigenvalue weighted by Crippen LogP contribution is 2.12. The van der Waals surface area contributed by atoms with Gasteiger partial charge in [-0.15, -0.1) is 0 Å². The minimum atomic E-state index is 0.818. The molecule has 1 N–H and O–H groups in total. The van der Waals surface area contributed by atoms with Gasteiger partial charge in [-0.3, -0.25) is 0 Å². The average molecular weight is 246 g/mol. The third kappa shape index (κ3) is 4.12. The van der Waals surface area contributed by atoms with Gasteiger partial charge in [-0.25, -0.2) is 0 Å². The van der Waals surface area contributed by atoms with Gasteiger partial charge < -0.3 is 5.32 Å². The summed E-state index contributed by atoms with van der Waals surface area (Å²) in [5.41, 5.74) is 2.48. The quantitative estimate of drug-likeness (QED) is 0.771. The first-order valence-electron chi connectivity index (χ1n) is 5.88. The lowest BCUT2D eigenvalue weighted by Gasteiger charge is -2.06. The van der Waals surface area contributed by atoms with Crippen LogP contribution in [-0.4, -0.2) is 6.54 Å². The summed E-state index contributed by atoms with van der Waals surface area (Å²) in [6.45, 7) is 0.983. The van der Waals surface area contributed by atoms with E-state index in [1.165, 1.54) is 11.3 Å². The van der Waals surface area contributed by atoms with Crippen molar-refractivity contribution in [3.05, 3.63) is 65.2 Å². The van der Waals surface area contributed by atoms with Crippen molar-refractivity contribution in [3.63, 3.8) is 0 Å². The van der Waals surface area contributed by atoms with Crippen molar-refractivity contribution in [2.75, 3.05) is 11.9 Å². The van der Waals surface area contributed by atoms with E-state index >= 15 is 0 Å². The van der Waals surface area contributed by atoms with Gasteiger partial charge >= 0.3 is 0 Å². The standard InChI is InChI=1S/C15H16ClN/c16-14-8-4-6-13(12-14)7-5-11-17-15-9-2-1-3-10-15/h1-4,6,8-10,12,17H,5,7,11H2. The first kappa shape index (κ1) is 12.0. The Balaban J connectivity index is 1.73. The third-order valence-electron chi connectivity index (χ3n) is 2.63. The van der Waals surface area contributed by atoms with Crippen LogP contribution >= 0.6 is 11.6 Å². The number of benzene rings is 2. The molecule has 2 heteroatoms. The predicted molar refractivity (Wildman–Crippen MR) is 74.7 cm³/mol. The van der Waals surface area contributed by atoms with Gasteiger partial charge in [-0.1, -0.05) is 41.9 Å². The van der Waals surface area contributed by atoms with Gasteiger partial charge in [0.15, 0.2) is 0 Å². The minimum Gasteiger partial charge on any atom is -0.385 e. The maximum absolute atomic E-state index is 5.94. The van der Waals surface area contributed by atoms with Crippen LogP contribution in [0.15, 0.2) is 54.6 Å². The van der Waals surface area contributed by atoms with Crippen molar-refractivity contribution in [2.45, 2.75) is 12.8 Å². The first-order valence-corrected chi connectivity index (χ1v) is 6.26. The smallest absolute Gasteiger partial charge is 0.0408 e. The zero-order valence-corrected chi connectivity index (χ0v) is 10.5. The van der Waals surface area contributed by atoms with Gasteiger partial charge in [0.1, 0.15) is 0 Å². The molecule has 0 saturated heterocycles. The third-order valence-corrected chi connectivity index (χ3v) is 2.87. The summed E-state index contributed by atoms with van der Waals surface area (Å²) in [5, 5.41) is 4.21. The highest BCUT2D eigenvalue weighted by molar-refractivity contribution is 6.30. The zero-order chi connectivity index (χ0) is 11.9. The van der Waals surface area contributed by atoms with Crippen molar-refractivity contribution >= 4 is 17.3 Å². The van der Waals surface area contributed by atoms with Crippen LogP contribution in [0.3, 0.4) is 0 Å². The van der Waals surface area contributed by atoms with Gasteiger partial charge in [-0.05, 0) is 42.7 Å². The van der Waals surface area contributed by atoms with Crippen molar-refractivity contribution in [1.29, 1.82) is 0 Å². The highest BCUT2D eigenvalue weighted by atomic mass is 35.5. The van der Waals surface area contributed by atoms with Crippen LogP contribution in [0, 0.1) is 0 Å². The maximum Gasteiger partial charge on any atom is 0.0408 e. The van der Waals surface area contributed by atoms with E-state index in [0.717, 1.165) is 24.4 Å². The fourth-order valence-corrected chi connectivity index (χ4v) is 1.99. The molecule has 17 heavy (non-hydrogen) atoms. The SMILES string of the molecule is Clc1cccc(CCCNc2ccccc2)c1. The molecule has 0 spiro atoms. The number of hydrogen-bond donors (Lipinski definition) is 1. The Kier molecular flexibility index (Phi) is 4.45. The Hall–Kier alpha value is -1.47. The lowest BCUT2D eigenvalue weighted by atomic mass is 10.1. The Bertz CT molecular complexity index is 453. The topological polar surface area (TPSA) is 12.0 Å². The van der Waals surface area contributed by atoms with E-state index in [1.54, 1.807) is 0 Å². The van der Waals surface area contributed by atoms with Crippen LogP contribution in [0.4, 0.5) is 5.69 Å². The lowest BCUT2D eigenvalue weighted by molar-refractivity contribution is 0.863. The molecule has 0 aliphatic heterocycles. The fraction of sp³-hybridized carbons (Fsp3) is 0.200. The number of rotatable bonds is 5. The van der Waals surface area contributed by atoms with Crippen LogP contribution in [-0.2, 0) is 6.42 Å². The van der Waals surface area contributed by atoms with Crippen LogP contribution < -0.4 is 5.32 Å². The highest BCUT2D eigenvalue weighted by Gasteiger charge is 1.95. The van der Waals surface area contributed by atoms with Crippen LogP contribution in [0.25, 0.3) is 0 Å². The summed E-state index contributed by atoms with van der Waals surface area (Å²) < 4.78 is 0. The maximum atomic E-state index is 5.94. The summed E-state index contributed by atoms with van der Waals surface area (Å²) in [4.78, 5) is 0. The van der Waals surface area contributed by atoms with Gasteiger partial charge in [0.05, 0.1) is 0 Å². The van der Waals surface area contributed by atoms with Crippen LogP contribution in [0.2, 0.25) is 5.02 Å². The summed E-state index contributed by atoms with van der Waals surface area (Å²) in [5.74, 6) is 0. The Labute approximate surface area is 107 Å². The molecule has 0 saturated carbocycles. The summed E-state index contributed by atoms with van der Waals surface area (Å²) in [7, 11) is 0. The minimum absolute atomic E-state index is 0.818. The average Bonchev–Trinajstić information content (AvgIpc) is 2.36. The van der Waals surface area contributed by atoms with Gasteiger partial charge in [0.2, 0.25) is 0 Å². The summed E-state index contributed by atoms with van der Waals surface area (Å²) in [6.07, 6.45) is 2.16. The normalized spacial score (nSPS) is 10.2. The van der Waals surface area contributed by atoms with E-state index in [2.05, 4.69) is 23.5 Å². The number of hydrogen-bond acceptors (Lipinski definition) is 1. The molecule has 0 aliphatic carbocycles. The second-order valence-electron chi connectivity index (χ2n) is 4.03. The molecule has 0 atom stereocenters. The first-order chi connectivity index (χ1) is 8.34. The molecule has 2 rings (SSSR count). The number of nitrogens with one attached hydrogen (secondary N) is 1. The Morgan fingerprint density at radius 2 is 1.76 bits per heavy atom. The second-order valence-corrected chi connectivity index (χ2v) is 4.46. The predicted octanol–water partition coefficient (Wildman–Crippen LogP) is 4.38. The monoisotopic (exact) mass is 245 g/mol. The molecule has 0 aromatic heterocycles. The second kappa shape index (κ2) is 6.31. The van der Waals surface area contributed by atoms with Crippen molar-refractivity contribution in [2.24, 2.45) is 0 Å². The van der Waals surface area contributed by atoms with Crippen molar-refractivity contribution in [1.82, 2.24) is 0 Å². The van der Waals surface area contributed by atoms with Crippen molar-refractivity contribution < 1.29 is 0 Å². The summed E-state index contributed by atoms with van der Waals surface area (Å²) in [6, 6.07) is 18.3. The van der Waals surface area contributed by atoms with E-state index < -0.39 is 0 Å². The van der Waals surface area contributed by atoms with Crippen LogP contribution in [0.5, 0.6) is 0 Å². The van der Waals surface area contributed by atoms with Gasteiger partial charge in [0.25, 0.3) is 0 Å². The Morgan fingerprint density at radius 3 is 2.53 bits per heavy atom.